The number of fused-ring (bicyclic) bond motifs is 1. The molecule has 33 heavy (non-hydrogen) atoms. The summed E-state index contributed by atoms with van der Waals surface area (Å²) in [6.45, 7) is 5.69. The average Bonchev–Trinajstić information content (AvgIpc) is 3.20. The minimum Gasteiger partial charge on any atom is -0.481 e. The second kappa shape index (κ2) is 10.6. The molecule has 0 aliphatic carbocycles. The van der Waals surface area contributed by atoms with Crippen LogP contribution in [0.5, 0.6) is 0 Å². The van der Waals surface area contributed by atoms with Crippen molar-refractivity contribution in [2.45, 2.75) is 31.6 Å². The highest BCUT2D eigenvalue weighted by Crippen LogP contribution is 2.23. The number of piperazine rings is 1. The van der Waals surface area contributed by atoms with E-state index in [9.17, 15) is 14.7 Å². The molecule has 0 atom stereocenters. The van der Waals surface area contributed by atoms with Crippen molar-refractivity contribution in [3.05, 3.63) is 46.2 Å². The van der Waals surface area contributed by atoms with Gasteiger partial charge in [0.2, 0.25) is 5.95 Å². The van der Waals surface area contributed by atoms with Crippen molar-refractivity contribution in [1.29, 1.82) is 0 Å². The zero-order valence-electron chi connectivity index (χ0n) is 18.5. The van der Waals surface area contributed by atoms with Gasteiger partial charge in [0.25, 0.3) is 5.56 Å². The number of aliphatic carboxylic acids is 1. The topological polar surface area (TPSA) is 105 Å². The van der Waals surface area contributed by atoms with Crippen LogP contribution < -0.4 is 15.8 Å². The minimum atomic E-state index is -0.964. The Balaban J connectivity index is 1.82. The summed E-state index contributed by atoms with van der Waals surface area (Å²) in [5.74, 6) is 5.48. The van der Waals surface area contributed by atoms with Crippen LogP contribution in [0.15, 0.2) is 40.3 Å². The van der Waals surface area contributed by atoms with E-state index in [-0.39, 0.29) is 11.3 Å². The Morgan fingerprint density at radius 3 is 2.64 bits per heavy atom. The third kappa shape index (κ3) is 5.21. The van der Waals surface area contributed by atoms with Gasteiger partial charge in [-0.1, -0.05) is 48.0 Å². The number of aromatic nitrogens is 4. The maximum absolute atomic E-state index is 13.7. The van der Waals surface area contributed by atoms with Crippen molar-refractivity contribution < 1.29 is 9.90 Å². The lowest BCUT2D eigenvalue weighted by Crippen LogP contribution is -2.44. The lowest BCUT2D eigenvalue weighted by Gasteiger charge is -2.28. The van der Waals surface area contributed by atoms with Crippen LogP contribution in [0.1, 0.15) is 12.5 Å². The van der Waals surface area contributed by atoms with Crippen molar-refractivity contribution in [3.63, 3.8) is 0 Å². The first-order chi connectivity index (χ1) is 16.1. The highest BCUT2D eigenvalue weighted by Gasteiger charge is 2.24. The SMILES string of the molecule is CC#CCn1c(N2CCNCC2)nc2nc(SCC(=O)O)n(CCc3ccccc3)c(=O)c21. The van der Waals surface area contributed by atoms with E-state index in [1.54, 1.807) is 11.5 Å². The number of hydrogen-bond acceptors (Lipinski definition) is 7. The molecule has 1 aromatic carbocycles. The maximum atomic E-state index is 13.7. The number of thioether (sulfide) groups is 1. The van der Waals surface area contributed by atoms with E-state index in [0.717, 1.165) is 43.5 Å². The molecular formula is C23H26N6O3S. The summed E-state index contributed by atoms with van der Waals surface area (Å²) < 4.78 is 3.42. The Labute approximate surface area is 195 Å². The molecule has 0 saturated carbocycles. The van der Waals surface area contributed by atoms with E-state index in [1.807, 2.05) is 34.9 Å². The molecule has 10 heteroatoms. The maximum Gasteiger partial charge on any atom is 0.313 e. The molecule has 1 aliphatic heterocycles. The Morgan fingerprint density at radius 2 is 1.94 bits per heavy atom. The van der Waals surface area contributed by atoms with Crippen molar-refractivity contribution in [3.8, 4) is 11.8 Å². The third-order valence-corrected chi connectivity index (χ3v) is 6.38. The van der Waals surface area contributed by atoms with Crippen molar-refractivity contribution in [1.82, 2.24) is 24.4 Å². The van der Waals surface area contributed by atoms with Crippen LogP contribution in [0.3, 0.4) is 0 Å². The zero-order valence-corrected chi connectivity index (χ0v) is 19.3. The van der Waals surface area contributed by atoms with Gasteiger partial charge in [-0.15, -0.1) is 5.92 Å². The highest BCUT2D eigenvalue weighted by molar-refractivity contribution is 7.99. The van der Waals surface area contributed by atoms with Crippen molar-refractivity contribution in [2.75, 3.05) is 36.8 Å². The van der Waals surface area contributed by atoms with E-state index >= 15 is 0 Å². The predicted molar refractivity (Wildman–Crippen MR) is 129 cm³/mol. The van der Waals surface area contributed by atoms with E-state index in [0.29, 0.717) is 41.8 Å². The second-order valence-electron chi connectivity index (χ2n) is 7.60. The first-order valence-corrected chi connectivity index (χ1v) is 11.8. The van der Waals surface area contributed by atoms with Crippen LogP contribution in [-0.2, 0) is 24.3 Å². The molecule has 4 rings (SSSR count). The second-order valence-corrected chi connectivity index (χ2v) is 8.55. The van der Waals surface area contributed by atoms with Gasteiger partial charge in [-0.2, -0.15) is 4.98 Å². The standard InChI is InChI=1S/C23H26N6O3S/c1-2-3-12-28-19-20(25-22(28)27-14-10-24-11-15-27)26-23(33-16-18(30)31)29(21(19)32)13-9-17-7-5-4-6-8-17/h4-8,24H,9-16H2,1H3,(H,30,31). The van der Waals surface area contributed by atoms with Gasteiger partial charge in [0.15, 0.2) is 16.3 Å². The Hall–Kier alpha value is -3.29. The summed E-state index contributed by atoms with van der Waals surface area (Å²) in [6.07, 6.45) is 0.627. The molecule has 0 unspecified atom stereocenters. The first-order valence-electron chi connectivity index (χ1n) is 10.8. The normalized spacial score (nSPS) is 13.7. The van der Waals surface area contributed by atoms with Gasteiger partial charge >= 0.3 is 5.97 Å². The lowest BCUT2D eigenvalue weighted by molar-refractivity contribution is -0.133. The predicted octanol–water partition coefficient (Wildman–Crippen LogP) is 1.45. The van der Waals surface area contributed by atoms with Gasteiger partial charge in [-0.3, -0.25) is 18.7 Å². The summed E-state index contributed by atoms with van der Waals surface area (Å²) in [4.78, 5) is 36.4. The summed E-state index contributed by atoms with van der Waals surface area (Å²) in [7, 11) is 0. The number of hydrogen-bond donors (Lipinski definition) is 2. The average molecular weight is 467 g/mol. The number of aryl methyl sites for hydroxylation is 1. The number of anilines is 1. The highest BCUT2D eigenvalue weighted by atomic mass is 32.2. The number of nitrogens with one attached hydrogen (secondary N) is 1. The number of benzene rings is 1. The summed E-state index contributed by atoms with van der Waals surface area (Å²) in [5.41, 5.74) is 1.59. The Morgan fingerprint density at radius 1 is 1.18 bits per heavy atom. The number of imidazole rings is 1. The summed E-state index contributed by atoms with van der Waals surface area (Å²) in [5, 5.41) is 12.9. The number of carboxylic acid groups (broad SMARTS) is 1. The molecule has 2 N–H and O–H groups in total. The number of carbonyl (C=O) groups is 1. The zero-order chi connectivity index (χ0) is 23.2. The molecule has 3 aromatic rings. The molecule has 3 heterocycles. The molecule has 1 saturated heterocycles. The van der Waals surface area contributed by atoms with Crippen LogP contribution in [0, 0.1) is 11.8 Å². The van der Waals surface area contributed by atoms with Crippen LogP contribution in [0.25, 0.3) is 11.2 Å². The van der Waals surface area contributed by atoms with Crippen LogP contribution in [-0.4, -0.2) is 62.1 Å². The van der Waals surface area contributed by atoms with E-state index in [2.05, 4.69) is 27.0 Å². The van der Waals surface area contributed by atoms with Gasteiger partial charge < -0.3 is 15.3 Å². The number of rotatable bonds is 8. The molecular weight excluding hydrogens is 440 g/mol. The van der Waals surface area contributed by atoms with Crippen LogP contribution >= 0.6 is 11.8 Å². The summed E-state index contributed by atoms with van der Waals surface area (Å²) in [6, 6.07) is 9.87. The lowest BCUT2D eigenvalue weighted by atomic mass is 10.1. The molecule has 172 valence electrons. The first kappa shape index (κ1) is 22.9. The van der Waals surface area contributed by atoms with Crippen molar-refractivity contribution in [2.24, 2.45) is 0 Å². The van der Waals surface area contributed by atoms with Gasteiger partial charge in [0.05, 0.1) is 12.3 Å². The van der Waals surface area contributed by atoms with Gasteiger partial charge in [0.1, 0.15) is 0 Å². The van der Waals surface area contributed by atoms with Crippen LogP contribution in [0.2, 0.25) is 0 Å². The monoisotopic (exact) mass is 466 g/mol. The van der Waals surface area contributed by atoms with Gasteiger partial charge in [-0.25, -0.2) is 4.98 Å². The van der Waals surface area contributed by atoms with E-state index in [4.69, 9.17) is 4.98 Å². The molecule has 0 bridgehead atoms. The summed E-state index contributed by atoms with van der Waals surface area (Å²) >= 11 is 1.04. The van der Waals surface area contributed by atoms with Crippen LogP contribution in [0.4, 0.5) is 5.95 Å². The fourth-order valence-electron chi connectivity index (χ4n) is 3.82. The molecule has 0 spiro atoms. The fraction of sp³-hybridized carbons (Fsp3) is 0.391. The van der Waals surface area contributed by atoms with Gasteiger partial charge in [0, 0.05) is 32.7 Å². The molecule has 1 aliphatic rings. The Bertz CT molecular complexity index is 1250. The third-order valence-electron chi connectivity index (χ3n) is 5.41. The fourth-order valence-corrected chi connectivity index (χ4v) is 4.55. The molecule has 1 fully saturated rings. The minimum absolute atomic E-state index is 0.185. The van der Waals surface area contributed by atoms with E-state index < -0.39 is 5.97 Å². The molecule has 0 amide bonds. The quantitative estimate of drug-likeness (QED) is 0.292. The largest absolute Gasteiger partial charge is 0.481 e. The number of carboxylic acids is 1. The molecule has 0 radical (unpaired) electrons. The number of nitrogens with zero attached hydrogens (tertiary/aromatic N) is 5. The van der Waals surface area contributed by atoms with Gasteiger partial charge in [-0.05, 0) is 18.9 Å². The molecule has 9 nitrogen and oxygen atoms in total. The Kier molecular flexibility index (Phi) is 7.32. The van der Waals surface area contributed by atoms with E-state index in [1.165, 1.54) is 0 Å². The smallest absolute Gasteiger partial charge is 0.313 e. The van der Waals surface area contributed by atoms with Crippen molar-refractivity contribution >= 4 is 34.8 Å². The molecule has 2 aromatic heterocycles.